The van der Waals surface area contributed by atoms with Crippen molar-refractivity contribution < 1.29 is 22.7 Å². The lowest BCUT2D eigenvalue weighted by Gasteiger charge is -2.31. The lowest BCUT2D eigenvalue weighted by Crippen LogP contribution is -2.48. The maximum Gasteiger partial charge on any atom is 0.243 e. The van der Waals surface area contributed by atoms with Crippen molar-refractivity contribution in [3.63, 3.8) is 0 Å². The van der Waals surface area contributed by atoms with Gasteiger partial charge in [-0.15, -0.1) is 0 Å². The summed E-state index contributed by atoms with van der Waals surface area (Å²) in [6.45, 7) is 0.518. The van der Waals surface area contributed by atoms with E-state index < -0.39 is 22.0 Å². The van der Waals surface area contributed by atoms with Crippen LogP contribution in [0.25, 0.3) is 0 Å². The minimum Gasteiger partial charge on any atom is -0.497 e. The van der Waals surface area contributed by atoms with Crippen LogP contribution in [0.2, 0.25) is 0 Å². The molecule has 1 aromatic carbocycles. The number of nitrogens with zero attached hydrogens (tertiary/aromatic N) is 1. The number of thioether (sulfide) groups is 1. The number of rotatable bonds is 5. The monoisotopic (exact) mass is 398 g/mol. The second-order valence-electron chi connectivity index (χ2n) is 6.40. The van der Waals surface area contributed by atoms with Crippen LogP contribution >= 0.6 is 11.8 Å². The van der Waals surface area contributed by atoms with Gasteiger partial charge in [0.15, 0.2) is 0 Å². The number of hydrogen-bond acceptors (Lipinski definition) is 6. The zero-order chi connectivity index (χ0) is 18.7. The summed E-state index contributed by atoms with van der Waals surface area (Å²) in [6, 6.07) is 5.77. The van der Waals surface area contributed by atoms with E-state index in [1.54, 1.807) is 12.1 Å². The van der Waals surface area contributed by atoms with E-state index >= 15 is 0 Å². The standard InChI is InChI=1S/C17H22N2O5S2/c1-24-13-4-6-14(7-5-13)26(22,23)19-9-2-3-12(11-19)16(20)18-15-8-10-25-17(15)21/h4-7,12,15H,2-3,8-11H2,1H3,(H,18,20)/t12-,15+/m1/s1. The van der Waals surface area contributed by atoms with Gasteiger partial charge < -0.3 is 10.1 Å². The fourth-order valence-corrected chi connectivity index (χ4v) is 5.64. The number of methoxy groups -OCH3 is 1. The van der Waals surface area contributed by atoms with Crippen molar-refractivity contribution in [3.05, 3.63) is 24.3 Å². The molecule has 1 N–H and O–H groups in total. The van der Waals surface area contributed by atoms with E-state index in [0.717, 1.165) is 0 Å². The first-order valence-electron chi connectivity index (χ1n) is 8.53. The molecule has 9 heteroatoms. The second-order valence-corrected chi connectivity index (χ2v) is 9.43. The molecule has 2 aliphatic rings. The average molecular weight is 399 g/mol. The molecule has 0 aromatic heterocycles. The van der Waals surface area contributed by atoms with Crippen molar-refractivity contribution in [3.8, 4) is 5.75 Å². The molecule has 0 bridgehead atoms. The summed E-state index contributed by atoms with van der Waals surface area (Å²) in [5, 5.41) is 2.76. The van der Waals surface area contributed by atoms with Gasteiger partial charge in [-0.3, -0.25) is 9.59 Å². The third-order valence-electron chi connectivity index (χ3n) is 4.70. The summed E-state index contributed by atoms with van der Waals surface area (Å²) in [4.78, 5) is 24.3. The summed E-state index contributed by atoms with van der Waals surface area (Å²) >= 11 is 1.23. The molecule has 142 valence electrons. The van der Waals surface area contributed by atoms with Gasteiger partial charge in [0, 0.05) is 18.8 Å². The highest BCUT2D eigenvalue weighted by Gasteiger charge is 2.35. The molecule has 2 fully saturated rings. The van der Waals surface area contributed by atoms with Crippen molar-refractivity contribution in [1.82, 2.24) is 9.62 Å². The fourth-order valence-electron chi connectivity index (χ4n) is 3.19. The van der Waals surface area contributed by atoms with Crippen LogP contribution in [0, 0.1) is 5.92 Å². The Balaban J connectivity index is 1.68. The first-order chi connectivity index (χ1) is 12.4. The number of ether oxygens (including phenoxy) is 1. The van der Waals surface area contributed by atoms with Gasteiger partial charge in [0.1, 0.15) is 5.75 Å². The zero-order valence-electron chi connectivity index (χ0n) is 14.5. The van der Waals surface area contributed by atoms with Crippen molar-refractivity contribution >= 4 is 32.8 Å². The number of hydrogen-bond donors (Lipinski definition) is 1. The average Bonchev–Trinajstić information content (AvgIpc) is 3.06. The molecule has 0 spiro atoms. The van der Waals surface area contributed by atoms with Gasteiger partial charge in [-0.1, -0.05) is 11.8 Å². The summed E-state index contributed by atoms with van der Waals surface area (Å²) in [6.07, 6.45) is 1.87. The number of carbonyl (C=O) groups excluding carboxylic acids is 2. The van der Waals surface area contributed by atoms with E-state index in [-0.39, 0.29) is 22.5 Å². The topological polar surface area (TPSA) is 92.8 Å². The van der Waals surface area contributed by atoms with E-state index in [2.05, 4.69) is 5.32 Å². The molecule has 2 saturated heterocycles. The Morgan fingerprint density at radius 1 is 1.27 bits per heavy atom. The van der Waals surface area contributed by atoms with Crippen molar-refractivity contribution in [2.75, 3.05) is 26.0 Å². The smallest absolute Gasteiger partial charge is 0.243 e. The van der Waals surface area contributed by atoms with Crippen molar-refractivity contribution in [2.24, 2.45) is 5.92 Å². The molecule has 0 radical (unpaired) electrons. The molecule has 0 aliphatic carbocycles. The fraction of sp³-hybridized carbons (Fsp3) is 0.529. The van der Waals surface area contributed by atoms with Crippen LogP contribution in [-0.2, 0) is 19.6 Å². The molecular weight excluding hydrogens is 376 g/mol. The van der Waals surface area contributed by atoms with Gasteiger partial charge in [0.2, 0.25) is 21.0 Å². The number of amides is 1. The maximum absolute atomic E-state index is 12.8. The molecule has 0 saturated carbocycles. The van der Waals surface area contributed by atoms with Gasteiger partial charge in [0.05, 0.1) is 24.0 Å². The quantitative estimate of drug-likeness (QED) is 0.802. The Kier molecular flexibility index (Phi) is 5.89. The number of piperidine rings is 1. The highest BCUT2D eigenvalue weighted by Crippen LogP contribution is 2.26. The summed E-state index contributed by atoms with van der Waals surface area (Å²) in [5.74, 6) is 0.626. The summed E-state index contributed by atoms with van der Waals surface area (Å²) < 4.78 is 32.1. The lowest BCUT2D eigenvalue weighted by molar-refractivity contribution is -0.128. The Morgan fingerprint density at radius 2 is 2.00 bits per heavy atom. The van der Waals surface area contributed by atoms with Gasteiger partial charge in [-0.05, 0) is 43.5 Å². The van der Waals surface area contributed by atoms with Crippen molar-refractivity contribution in [2.45, 2.75) is 30.2 Å². The van der Waals surface area contributed by atoms with Crippen LogP contribution in [0.1, 0.15) is 19.3 Å². The maximum atomic E-state index is 12.8. The number of nitrogens with one attached hydrogen (secondary N) is 1. The van der Waals surface area contributed by atoms with Gasteiger partial charge in [-0.25, -0.2) is 8.42 Å². The van der Waals surface area contributed by atoms with E-state index in [1.807, 2.05) is 0 Å². The molecular formula is C17H22N2O5S2. The second kappa shape index (κ2) is 7.98. The largest absolute Gasteiger partial charge is 0.497 e. The predicted molar refractivity (Wildman–Crippen MR) is 98.5 cm³/mol. The van der Waals surface area contributed by atoms with E-state index in [4.69, 9.17) is 4.74 Å². The third kappa shape index (κ3) is 4.05. The SMILES string of the molecule is COc1ccc(S(=O)(=O)N2CCC[C@@H](C(=O)N[C@H]3CCSC3=O)C2)cc1. The van der Waals surface area contributed by atoms with Crippen LogP contribution in [-0.4, -0.2) is 55.7 Å². The first-order valence-corrected chi connectivity index (χ1v) is 11.0. The minimum absolute atomic E-state index is 0.0168. The van der Waals surface area contributed by atoms with Crippen molar-refractivity contribution in [1.29, 1.82) is 0 Å². The molecule has 2 heterocycles. The van der Waals surface area contributed by atoms with Crippen LogP contribution in [0.15, 0.2) is 29.2 Å². The highest BCUT2D eigenvalue weighted by atomic mass is 32.2. The molecule has 3 rings (SSSR count). The van der Waals surface area contributed by atoms with E-state index in [0.29, 0.717) is 37.3 Å². The third-order valence-corrected chi connectivity index (χ3v) is 7.59. The molecule has 2 aliphatic heterocycles. The van der Waals surface area contributed by atoms with Gasteiger partial charge >= 0.3 is 0 Å². The summed E-state index contributed by atoms with van der Waals surface area (Å²) in [7, 11) is -2.15. The molecule has 1 aromatic rings. The molecule has 0 unspecified atom stereocenters. The zero-order valence-corrected chi connectivity index (χ0v) is 16.1. The predicted octanol–water partition coefficient (Wildman–Crippen LogP) is 1.24. The molecule has 26 heavy (non-hydrogen) atoms. The van der Waals surface area contributed by atoms with E-state index in [9.17, 15) is 18.0 Å². The Labute approximate surface area is 157 Å². The summed E-state index contributed by atoms with van der Waals surface area (Å²) in [5.41, 5.74) is 0. The first kappa shape index (κ1) is 19.2. The van der Waals surface area contributed by atoms with Crippen LogP contribution in [0.4, 0.5) is 0 Å². The molecule has 1 amide bonds. The lowest BCUT2D eigenvalue weighted by atomic mass is 9.98. The van der Waals surface area contributed by atoms with Gasteiger partial charge in [-0.2, -0.15) is 4.31 Å². The van der Waals surface area contributed by atoms with Crippen LogP contribution in [0.5, 0.6) is 5.75 Å². The van der Waals surface area contributed by atoms with Gasteiger partial charge in [0.25, 0.3) is 0 Å². The number of carbonyl (C=O) groups is 2. The highest BCUT2D eigenvalue weighted by molar-refractivity contribution is 8.14. The number of benzene rings is 1. The Hall–Kier alpha value is -1.58. The van der Waals surface area contributed by atoms with E-state index in [1.165, 1.54) is 35.3 Å². The Morgan fingerprint density at radius 3 is 2.62 bits per heavy atom. The van der Waals surface area contributed by atoms with Crippen LogP contribution in [0.3, 0.4) is 0 Å². The normalized spacial score (nSPS) is 24.4. The Bertz CT molecular complexity index is 779. The minimum atomic E-state index is -3.66. The van der Waals surface area contributed by atoms with Crippen LogP contribution < -0.4 is 10.1 Å². The molecule has 2 atom stereocenters. The number of sulfonamides is 1. The molecule has 7 nitrogen and oxygen atoms in total.